The fraction of sp³-hybridized carbons (Fsp3) is 0.429. The third-order valence-corrected chi connectivity index (χ3v) is 4.48. The van der Waals surface area contributed by atoms with Crippen molar-refractivity contribution in [3.05, 3.63) is 52.3 Å². The van der Waals surface area contributed by atoms with E-state index in [1.807, 2.05) is 45.3 Å². The molecule has 1 aromatic carbocycles. The number of hydrogen-bond acceptors (Lipinski definition) is 5. The van der Waals surface area contributed by atoms with Gasteiger partial charge in [-0.2, -0.15) is 0 Å². The van der Waals surface area contributed by atoms with E-state index in [1.54, 1.807) is 6.92 Å². The lowest BCUT2D eigenvalue weighted by Gasteiger charge is -2.11. The van der Waals surface area contributed by atoms with E-state index in [2.05, 4.69) is 15.2 Å². The first-order chi connectivity index (χ1) is 13.4. The lowest BCUT2D eigenvalue weighted by Crippen LogP contribution is -2.24. The van der Waals surface area contributed by atoms with Crippen LogP contribution in [0, 0.1) is 6.92 Å². The summed E-state index contributed by atoms with van der Waals surface area (Å²) in [7, 11) is 5.33. The van der Waals surface area contributed by atoms with Crippen molar-refractivity contribution in [3.63, 3.8) is 0 Å². The Balaban J connectivity index is 1.99. The number of carbonyl (C=O) groups excluding carboxylic acids is 2. The smallest absolute Gasteiger partial charge is 0.339 e. The second kappa shape index (κ2) is 9.94. The highest BCUT2D eigenvalue weighted by Crippen LogP contribution is 2.20. The molecule has 0 aliphatic carbocycles. The summed E-state index contributed by atoms with van der Waals surface area (Å²) in [4.78, 5) is 29.7. The molecule has 1 amide bonds. The van der Waals surface area contributed by atoms with Crippen LogP contribution in [0.25, 0.3) is 0 Å². The molecule has 0 spiro atoms. The van der Waals surface area contributed by atoms with Crippen LogP contribution in [0.5, 0.6) is 5.75 Å². The second-order valence-electron chi connectivity index (χ2n) is 6.80. The predicted molar refractivity (Wildman–Crippen MR) is 108 cm³/mol. The Bertz CT molecular complexity index is 810. The molecule has 0 saturated heterocycles. The maximum absolute atomic E-state index is 12.6. The zero-order chi connectivity index (χ0) is 20.7. The second-order valence-corrected chi connectivity index (χ2v) is 6.80. The van der Waals surface area contributed by atoms with Gasteiger partial charge in [-0.3, -0.25) is 4.79 Å². The molecule has 28 heavy (non-hydrogen) atoms. The van der Waals surface area contributed by atoms with Gasteiger partial charge in [-0.15, -0.1) is 0 Å². The number of nitrogens with one attached hydrogen (secondary N) is 2. The highest BCUT2D eigenvalue weighted by Gasteiger charge is 2.23. The Hall–Kier alpha value is -2.80. The first kappa shape index (κ1) is 21.5. The maximum atomic E-state index is 12.6. The van der Waals surface area contributed by atoms with Gasteiger partial charge in [0, 0.05) is 18.8 Å². The molecule has 0 unspecified atom stereocenters. The molecular formula is C21H29N3O4. The molecule has 0 fully saturated rings. The summed E-state index contributed by atoms with van der Waals surface area (Å²) in [5.41, 5.74) is 3.09. The number of carbonyl (C=O) groups is 2. The highest BCUT2D eigenvalue weighted by molar-refractivity contribution is 6.00. The lowest BCUT2D eigenvalue weighted by molar-refractivity contribution is 0.0599. The van der Waals surface area contributed by atoms with Gasteiger partial charge in [-0.1, -0.05) is 19.1 Å². The average molecular weight is 387 g/mol. The molecule has 152 valence electrons. The molecule has 7 heteroatoms. The number of nitrogens with zero attached hydrogens (tertiary/aromatic N) is 1. The zero-order valence-electron chi connectivity index (χ0n) is 17.2. The molecule has 2 rings (SSSR count). The summed E-state index contributed by atoms with van der Waals surface area (Å²) >= 11 is 0. The van der Waals surface area contributed by atoms with E-state index in [-0.39, 0.29) is 5.91 Å². The van der Waals surface area contributed by atoms with Gasteiger partial charge >= 0.3 is 5.97 Å². The molecule has 1 heterocycles. The quantitative estimate of drug-likeness (QED) is 0.646. The topological polar surface area (TPSA) is 83.7 Å². The number of rotatable bonds is 9. The van der Waals surface area contributed by atoms with E-state index in [0.29, 0.717) is 42.1 Å². The first-order valence-electron chi connectivity index (χ1n) is 9.31. The highest BCUT2D eigenvalue weighted by atomic mass is 16.5. The molecule has 0 aliphatic heterocycles. The zero-order valence-corrected chi connectivity index (χ0v) is 17.2. The van der Waals surface area contributed by atoms with Crippen LogP contribution in [0.4, 0.5) is 0 Å². The van der Waals surface area contributed by atoms with Crippen LogP contribution < -0.4 is 10.1 Å². The molecule has 0 radical (unpaired) electrons. The van der Waals surface area contributed by atoms with Crippen molar-refractivity contribution in [2.45, 2.75) is 26.8 Å². The molecule has 0 saturated carbocycles. The van der Waals surface area contributed by atoms with Gasteiger partial charge in [0.05, 0.1) is 12.7 Å². The molecule has 2 aromatic rings. The summed E-state index contributed by atoms with van der Waals surface area (Å²) in [6.07, 6.45) is 0.605. The van der Waals surface area contributed by atoms with Crippen molar-refractivity contribution in [2.24, 2.45) is 0 Å². The van der Waals surface area contributed by atoms with Crippen molar-refractivity contribution in [1.29, 1.82) is 0 Å². The number of hydrogen-bond donors (Lipinski definition) is 2. The largest absolute Gasteiger partial charge is 0.492 e. The van der Waals surface area contributed by atoms with Crippen molar-refractivity contribution in [3.8, 4) is 5.75 Å². The number of aromatic amines is 1. The van der Waals surface area contributed by atoms with E-state index >= 15 is 0 Å². The Kier molecular flexibility index (Phi) is 7.63. The third-order valence-electron chi connectivity index (χ3n) is 4.48. The summed E-state index contributed by atoms with van der Waals surface area (Å²) in [6.45, 7) is 5.51. The van der Waals surface area contributed by atoms with E-state index in [4.69, 9.17) is 9.47 Å². The van der Waals surface area contributed by atoms with Crippen LogP contribution in [0.2, 0.25) is 0 Å². The van der Waals surface area contributed by atoms with Gasteiger partial charge in [-0.25, -0.2) is 4.79 Å². The number of benzene rings is 1. The number of amides is 1. The minimum absolute atomic E-state index is 0.256. The summed E-state index contributed by atoms with van der Waals surface area (Å²) in [5.74, 6) is 0.107. The Morgan fingerprint density at radius 3 is 2.43 bits per heavy atom. The minimum atomic E-state index is -0.436. The van der Waals surface area contributed by atoms with Gasteiger partial charge in [0.2, 0.25) is 0 Å². The van der Waals surface area contributed by atoms with E-state index in [9.17, 15) is 9.59 Å². The fourth-order valence-electron chi connectivity index (χ4n) is 2.85. The number of methoxy groups -OCH3 is 1. The SMILES string of the molecule is CCc1[nH]c(C(=O)NCc2ccc(OCCN(C)C)cc2)c(C)c1C(=O)OC. The number of likely N-dealkylation sites (N-methyl/N-ethyl adjacent to an activating group) is 1. The number of ether oxygens (including phenoxy) is 2. The van der Waals surface area contributed by atoms with Gasteiger partial charge in [0.1, 0.15) is 18.1 Å². The Labute approximate surface area is 166 Å². The number of H-pyrrole nitrogens is 1. The van der Waals surface area contributed by atoms with Crippen molar-refractivity contribution in [2.75, 3.05) is 34.4 Å². The summed E-state index contributed by atoms with van der Waals surface area (Å²) in [6, 6.07) is 7.62. The van der Waals surface area contributed by atoms with E-state index in [0.717, 1.165) is 17.9 Å². The molecule has 0 bridgehead atoms. The van der Waals surface area contributed by atoms with Crippen molar-refractivity contribution < 1.29 is 19.1 Å². The van der Waals surface area contributed by atoms with Crippen LogP contribution in [0.1, 0.15) is 44.6 Å². The Morgan fingerprint density at radius 1 is 1.18 bits per heavy atom. The predicted octanol–water partition coefficient (Wildman–Crippen LogP) is 2.54. The van der Waals surface area contributed by atoms with Crippen molar-refractivity contribution in [1.82, 2.24) is 15.2 Å². The fourth-order valence-corrected chi connectivity index (χ4v) is 2.85. The Morgan fingerprint density at radius 2 is 1.86 bits per heavy atom. The minimum Gasteiger partial charge on any atom is -0.492 e. The van der Waals surface area contributed by atoms with Crippen LogP contribution in [0.15, 0.2) is 24.3 Å². The normalized spacial score (nSPS) is 10.8. The van der Waals surface area contributed by atoms with Crippen LogP contribution in [0.3, 0.4) is 0 Å². The van der Waals surface area contributed by atoms with Crippen LogP contribution in [-0.2, 0) is 17.7 Å². The van der Waals surface area contributed by atoms with Crippen molar-refractivity contribution >= 4 is 11.9 Å². The summed E-state index contributed by atoms with van der Waals surface area (Å²) < 4.78 is 10.5. The van der Waals surface area contributed by atoms with E-state index in [1.165, 1.54) is 7.11 Å². The number of aryl methyl sites for hydroxylation is 1. The lowest BCUT2D eigenvalue weighted by atomic mass is 10.1. The van der Waals surface area contributed by atoms with Crippen LogP contribution in [-0.4, -0.2) is 56.1 Å². The molecule has 0 atom stereocenters. The molecule has 1 aromatic heterocycles. The monoisotopic (exact) mass is 387 g/mol. The maximum Gasteiger partial charge on any atom is 0.339 e. The molecule has 0 aliphatic rings. The van der Waals surface area contributed by atoms with Gasteiger partial charge in [0.15, 0.2) is 0 Å². The van der Waals surface area contributed by atoms with Gasteiger partial charge < -0.3 is 24.7 Å². The number of aromatic nitrogens is 1. The number of esters is 1. The average Bonchev–Trinajstić information content (AvgIpc) is 3.02. The summed E-state index contributed by atoms with van der Waals surface area (Å²) in [5, 5.41) is 2.89. The van der Waals surface area contributed by atoms with E-state index < -0.39 is 5.97 Å². The third kappa shape index (κ3) is 5.36. The van der Waals surface area contributed by atoms with Crippen LogP contribution >= 0.6 is 0 Å². The molecule has 2 N–H and O–H groups in total. The molecular weight excluding hydrogens is 358 g/mol. The van der Waals surface area contributed by atoms with Gasteiger partial charge in [-0.05, 0) is 50.7 Å². The van der Waals surface area contributed by atoms with Gasteiger partial charge in [0.25, 0.3) is 5.91 Å². The standard InChI is InChI=1S/C21H29N3O4/c1-6-17-18(21(26)27-5)14(2)19(23-17)20(25)22-13-15-7-9-16(10-8-15)28-12-11-24(3)4/h7-10,23H,6,11-13H2,1-5H3,(H,22,25). The molecule has 7 nitrogen and oxygen atoms in total. The first-order valence-corrected chi connectivity index (χ1v) is 9.31.